The largest absolute Gasteiger partial charge is 0.481 e. The van der Waals surface area contributed by atoms with Crippen LogP contribution in [0.5, 0.6) is 0 Å². The number of rotatable bonds is 20. The maximum absolute atomic E-state index is 13.6. The van der Waals surface area contributed by atoms with Crippen molar-refractivity contribution in [3.8, 4) is 0 Å². The first-order chi connectivity index (χ1) is 38.5. The number of alkyl halides is 6. The maximum atomic E-state index is 13.6. The minimum Gasteiger partial charge on any atom is -0.481 e. The second kappa shape index (κ2) is 34.5. The van der Waals surface area contributed by atoms with Crippen molar-refractivity contribution in [2.45, 2.75) is 190 Å². The third-order valence-electron chi connectivity index (χ3n) is 11.5. The average Bonchev–Trinajstić information content (AvgIpc) is 4.13. The Kier molecular flexibility index (Phi) is 31.2. The van der Waals surface area contributed by atoms with Crippen molar-refractivity contribution in [3.05, 3.63) is 33.2 Å². The molecule has 0 aliphatic carbocycles. The van der Waals surface area contributed by atoms with Crippen LogP contribution in [0, 0.1) is 23.7 Å². The van der Waals surface area contributed by atoms with Crippen molar-refractivity contribution in [1.82, 2.24) is 41.5 Å². The Hall–Kier alpha value is -4.05. The first kappa shape index (κ1) is 76.0. The van der Waals surface area contributed by atoms with Gasteiger partial charge in [0.25, 0.3) is 11.8 Å². The minimum atomic E-state index is -1.75. The van der Waals surface area contributed by atoms with Crippen LogP contribution < -0.4 is 21.5 Å². The molecule has 0 radical (unpaired) electrons. The highest BCUT2D eigenvalue weighted by Gasteiger charge is 2.39. The number of carboxylic acids is 1. The minimum absolute atomic E-state index is 0.0652. The molecule has 476 valence electrons. The number of carboxylic acid groups (broad SMARTS) is 1. The lowest BCUT2D eigenvalue weighted by Gasteiger charge is -2.35. The van der Waals surface area contributed by atoms with E-state index >= 15 is 0 Å². The molecule has 0 spiro atoms. The summed E-state index contributed by atoms with van der Waals surface area (Å²) in [5, 5.41) is 20.5. The highest BCUT2D eigenvalue weighted by atomic mass is 35.6. The number of nitrogens with zero attached hydrogens (tertiary/aromatic N) is 4. The number of aromatic nitrogens is 2. The van der Waals surface area contributed by atoms with Crippen LogP contribution >= 0.6 is 92.3 Å². The third kappa shape index (κ3) is 31.6. The van der Waals surface area contributed by atoms with E-state index in [1.54, 1.807) is 97.9 Å². The molecule has 4 amide bonds. The van der Waals surface area contributed by atoms with Crippen LogP contribution in [-0.2, 0) is 74.9 Å². The number of carbonyl (C=O) groups is 9. The highest BCUT2D eigenvalue weighted by molar-refractivity contribution is 7.07. The number of aliphatic carboxylic acids is 1. The first-order valence-electron chi connectivity index (χ1n) is 26.8. The molecule has 0 bridgehead atoms. The molecule has 6 atom stereocenters. The number of thiazole rings is 2. The number of nitrogens with one attached hydrogen (secondary N) is 4. The van der Waals surface area contributed by atoms with Crippen molar-refractivity contribution < 1.29 is 71.9 Å². The van der Waals surface area contributed by atoms with Crippen molar-refractivity contribution in [2.24, 2.45) is 23.7 Å². The maximum Gasteiger partial charge on any atom is 0.408 e. The van der Waals surface area contributed by atoms with Crippen molar-refractivity contribution in [3.63, 3.8) is 0 Å². The number of esters is 4. The van der Waals surface area contributed by atoms with E-state index in [2.05, 4.69) is 31.5 Å². The topological polar surface area (TPSA) is 300 Å². The number of hydrogen-bond acceptors (Lipinski definition) is 20. The molecule has 0 unspecified atom stereocenters. The molecule has 2 aliphatic heterocycles. The smallest absolute Gasteiger partial charge is 0.408 e. The van der Waals surface area contributed by atoms with Gasteiger partial charge in [0.1, 0.15) is 54.2 Å². The Bertz CT molecular complexity index is 2460. The van der Waals surface area contributed by atoms with Gasteiger partial charge in [-0.1, -0.05) is 97.3 Å². The van der Waals surface area contributed by atoms with Crippen LogP contribution in [0.2, 0.25) is 0 Å². The Morgan fingerprint density at radius 2 is 0.976 bits per heavy atom. The number of ether oxygens (including phenoxy) is 5. The fraction of sp³-hybridized carbons (Fsp3) is 0.717. The molecule has 4 rings (SSSR count). The number of carbonyl (C=O) groups excluding carboxylic acids is 8. The van der Waals surface area contributed by atoms with E-state index in [-0.39, 0.29) is 37.5 Å². The van der Waals surface area contributed by atoms with Gasteiger partial charge in [0.05, 0.1) is 47.1 Å². The van der Waals surface area contributed by atoms with Crippen molar-refractivity contribution in [2.75, 3.05) is 26.3 Å². The van der Waals surface area contributed by atoms with Gasteiger partial charge in [0, 0.05) is 36.7 Å². The highest BCUT2D eigenvalue weighted by Crippen LogP contribution is 2.28. The molecule has 2 aliphatic rings. The SMILES string of the molecule is CC(C)(C)OC(=O)N[C@@H](Cc1cscn1)C(=O)N1CCC[C@@H](C(=O)OCC(Cl)(Cl)Cl)N1.CC(C)[C@H](CC(=O)OC(C)(C)C)C(=O)N[C@@H](Cc1cscn1)C(=O)N1CCC[C@@H](C(=O)OCC(Cl)(Cl)Cl)N1.CC(C)[C@H](CC(=O)OC(C)(C)C)C(=O)O. The summed E-state index contributed by atoms with van der Waals surface area (Å²) in [5.41, 5.74) is 8.29. The normalized spacial score (nSPS) is 17.3. The summed E-state index contributed by atoms with van der Waals surface area (Å²) in [6.07, 6.45) is 1.29. The van der Waals surface area contributed by atoms with E-state index in [9.17, 15) is 43.2 Å². The van der Waals surface area contributed by atoms with Crippen LogP contribution in [0.1, 0.15) is 140 Å². The van der Waals surface area contributed by atoms with Crippen molar-refractivity contribution >= 4 is 146 Å². The number of amides is 4. The summed E-state index contributed by atoms with van der Waals surface area (Å²) in [4.78, 5) is 120. The van der Waals surface area contributed by atoms with Gasteiger partial charge in [-0.2, -0.15) is 0 Å². The molecule has 2 aromatic rings. The van der Waals surface area contributed by atoms with Gasteiger partial charge < -0.3 is 39.4 Å². The zero-order valence-electron chi connectivity index (χ0n) is 49.4. The lowest BCUT2D eigenvalue weighted by molar-refractivity contribution is -0.160. The summed E-state index contributed by atoms with van der Waals surface area (Å²) in [7, 11) is 0. The predicted octanol–water partition coefficient (Wildman–Crippen LogP) is 8.65. The van der Waals surface area contributed by atoms with Gasteiger partial charge in [-0.05, 0) is 99.8 Å². The predicted molar refractivity (Wildman–Crippen MR) is 320 cm³/mol. The Morgan fingerprint density at radius 3 is 1.30 bits per heavy atom. The zero-order valence-corrected chi connectivity index (χ0v) is 55.6. The summed E-state index contributed by atoms with van der Waals surface area (Å²) < 4.78 is 22.3. The van der Waals surface area contributed by atoms with Gasteiger partial charge >= 0.3 is 35.9 Å². The van der Waals surface area contributed by atoms with E-state index in [1.165, 1.54) is 32.7 Å². The summed E-state index contributed by atoms with van der Waals surface area (Å²) in [5.74, 6) is -6.18. The number of hydrazine groups is 2. The van der Waals surface area contributed by atoms with E-state index < -0.39 is 127 Å². The Morgan fingerprint density at radius 1 is 0.607 bits per heavy atom. The molecule has 0 aromatic carbocycles. The van der Waals surface area contributed by atoms with E-state index in [1.807, 2.05) is 13.8 Å². The van der Waals surface area contributed by atoms with Crippen LogP contribution in [0.3, 0.4) is 0 Å². The monoisotopic (exact) mass is 1340 g/mol. The Balaban J connectivity index is 0.000000469. The van der Waals surface area contributed by atoms with Gasteiger partial charge in [-0.3, -0.25) is 48.4 Å². The fourth-order valence-corrected chi connectivity index (χ4v) is 9.17. The summed E-state index contributed by atoms with van der Waals surface area (Å²) in [6, 6.07) is -3.55. The number of halogens is 6. The molecule has 2 saturated heterocycles. The van der Waals surface area contributed by atoms with Crippen LogP contribution in [-0.4, -0.2) is 154 Å². The van der Waals surface area contributed by atoms with Gasteiger partial charge in [-0.25, -0.2) is 25.6 Å². The van der Waals surface area contributed by atoms with Crippen LogP contribution in [0.4, 0.5) is 4.79 Å². The van der Waals surface area contributed by atoms with E-state index in [0.717, 1.165) is 0 Å². The molecule has 23 nitrogen and oxygen atoms in total. The molecule has 84 heavy (non-hydrogen) atoms. The second-order valence-electron chi connectivity index (χ2n) is 23.3. The van der Waals surface area contributed by atoms with Crippen LogP contribution in [0.15, 0.2) is 21.8 Å². The standard InChI is InChI=1S/C24H35Cl3N4O6S.C18H25Cl3N4O5S.C11H20O4/c1-14(2)16(10-19(32)37-23(3,4)5)20(33)29-18(9-15-11-38-13-28-15)21(34)31-8-6-7-17(30-31)22(35)36-12-24(25,26)27;1-17(2,3)30-16(28)23-13(7-11-8-31-10-22-11)14(26)25-6-4-5-12(24-25)15(27)29-9-18(19,20)21;1-7(2)8(10(13)14)6-9(12)15-11(3,4)5/h11,13-14,16-18,30H,6-10,12H2,1-5H3,(H,29,33);8,10,12-13,24H,4-7,9H2,1-3H3,(H,23,28);7-8H,6H2,1-5H3,(H,13,14)/t16-,17-,18-;12-,13-;8-/m000/s1. The molecule has 31 heteroatoms. The zero-order chi connectivity index (χ0) is 64.1. The fourth-order valence-electron chi connectivity index (χ4n) is 7.70. The molecular formula is C53H80Cl6N8O15S2. The molecular weight excluding hydrogens is 1270 g/mol. The second-order valence-corrected chi connectivity index (χ2v) is 29.8. The lowest BCUT2D eigenvalue weighted by Crippen LogP contribution is -2.61. The van der Waals surface area contributed by atoms with E-state index in [4.69, 9.17) is 98.4 Å². The molecule has 0 saturated carbocycles. The Labute approximate surface area is 529 Å². The van der Waals surface area contributed by atoms with Gasteiger partial charge in [0.2, 0.25) is 13.5 Å². The average molecular weight is 1350 g/mol. The molecule has 2 aromatic heterocycles. The third-order valence-corrected chi connectivity index (χ3v) is 13.4. The lowest BCUT2D eigenvalue weighted by atomic mass is 9.91. The molecule has 5 N–H and O–H groups in total. The van der Waals surface area contributed by atoms with Crippen LogP contribution in [0.25, 0.3) is 0 Å². The number of hydrogen-bond donors (Lipinski definition) is 5. The quantitative estimate of drug-likeness (QED) is 0.0470. The van der Waals surface area contributed by atoms with E-state index in [0.29, 0.717) is 50.2 Å². The first-order valence-corrected chi connectivity index (χ1v) is 31.0. The van der Waals surface area contributed by atoms with Gasteiger partial charge in [-0.15, -0.1) is 22.7 Å². The van der Waals surface area contributed by atoms with Crippen molar-refractivity contribution in [1.29, 1.82) is 0 Å². The summed E-state index contributed by atoms with van der Waals surface area (Å²) >= 11 is 36.6. The number of alkyl carbamates (subject to hydrolysis) is 1. The molecule has 2 fully saturated rings. The molecule has 4 heterocycles. The summed E-state index contributed by atoms with van der Waals surface area (Å²) in [6.45, 7) is 22.7. The van der Waals surface area contributed by atoms with Gasteiger partial charge in [0.15, 0.2) is 0 Å².